The van der Waals surface area contributed by atoms with Crippen LogP contribution in [0.5, 0.6) is 0 Å². The molecule has 2 aromatic rings. The van der Waals surface area contributed by atoms with E-state index in [4.69, 9.17) is 5.11 Å². The van der Waals surface area contributed by atoms with Crippen LogP contribution < -0.4 is 4.90 Å². The van der Waals surface area contributed by atoms with Gasteiger partial charge in [-0.3, -0.25) is 14.8 Å². The zero-order valence-electron chi connectivity index (χ0n) is 10.7. The van der Waals surface area contributed by atoms with Crippen LogP contribution in [0.2, 0.25) is 0 Å². The van der Waals surface area contributed by atoms with Crippen LogP contribution in [0.4, 0.5) is 10.2 Å². The first kappa shape index (κ1) is 12.8. The molecule has 104 valence electrons. The van der Waals surface area contributed by atoms with Gasteiger partial charge in [0, 0.05) is 31.1 Å². The van der Waals surface area contributed by atoms with Gasteiger partial charge in [-0.05, 0) is 17.7 Å². The molecule has 1 aliphatic rings. The van der Waals surface area contributed by atoms with Crippen LogP contribution in [0.25, 0.3) is 11.1 Å². The first-order valence-electron chi connectivity index (χ1n) is 6.39. The fourth-order valence-corrected chi connectivity index (χ4v) is 2.45. The lowest BCUT2D eigenvalue weighted by molar-refractivity contribution is -0.117. The van der Waals surface area contributed by atoms with E-state index in [0.717, 1.165) is 11.1 Å². The number of nitrogens with one attached hydrogen (secondary N) is 1. The number of aromatic nitrogens is 2. The summed E-state index contributed by atoms with van der Waals surface area (Å²) in [6, 6.07) is 6.03. The summed E-state index contributed by atoms with van der Waals surface area (Å²) in [5, 5.41) is 16.0. The fourth-order valence-electron chi connectivity index (χ4n) is 2.45. The number of H-pyrrole nitrogens is 1. The van der Waals surface area contributed by atoms with E-state index in [1.807, 2.05) is 0 Å². The maximum absolute atomic E-state index is 13.0. The lowest BCUT2D eigenvalue weighted by atomic mass is 10.1. The quantitative estimate of drug-likeness (QED) is 0.893. The highest BCUT2D eigenvalue weighted by Gasteiger charge is 2.32. The number of nitrogens with zero attached hydrogens (tertiary/aromatic N) is 2. The van der Waals surface area contributed by atoms with Crippen molar-refractivity contribution in [2.75, 3.05) is 18.1 Å². The second kappa shape index (κ2) is 5.05. The molecule has 0 saturated carbocycles. The Hall–Kier alpha value is -2.21. The van der Waals surface area contributed by atoms with Gasteiger partial charge in [0.1, 0.15) is 11.6 Å². The number of carbonyl (C=O) groups is 1. The largest absolute Gasteiger partial charge is 0.396 e. The zero-order valence-corrected chi connectivity index (χ0v) is 10.7. The summed E-state index contributed by atoms with van der Waals surface area (Å²) in [4.78, 5) is 13.6. The zero-order chi connectivity index (χ0) is 14.1. The Morgan fingerprint density at radius 3 is 2.80 bits per heavy atom. The van der Waals surface area contributed by atoms with Crippen LogP contribution in [-0.2, 0) is 4.79 Å². The van der Waals surface area contributed by atoms with Crippen molar-refractivity contribution in [1.29, 1.82) is 0 Å². The van der Waals surface area contributed by atoms with E-state index in [1.54, 1.807) is 23.2 Å². The minimum Gasteiger partial charge on any atom is -0.396 e. The van der Waals surface area contributed by atoms with E-state index in [9.17, 15) is 9.18 Å². The van der Waals surface area contributed by atoms with E-state index in [-0.39, 0.29) is 24.2 Å². The number of anilines is 1. The molecular formula is C14H14FN3O2. The number of aliphatic hydroxyl groups is 1. The van der Waals surface area contributed by atoms with Crippen LogP contribution in [0.1, 0.15) is 6.42 Å². The molecule has 0 radical (unpaired) electrons. The molecule has 1 aromatic heterocycles. The molecule has 1 fully saturated rings. The third-order valence-electron chi connectivity index (χ3n) is 3.51. The molecule has 20 heavy (non-hydrogen) atoms. The van der Waals surface area contributed by atoms with Gasteiger partial charge in [-0.1, -0.05) is 12.1 Å². The smallest absolute Gasteiger partial charge is 0.228 e. The highest BCUT2D eigenvalue weighted by Crippen LogP contribution is 2.32. The van der Waals surface area contributed by atoms with Gasteiger partial charge in [-0.25, -0.2) is 4.39 Å². The van der Waals surface area contributed by atoms with Crippen molar-refractivity contribution in [1.82, 2.24) is 10.2 Å². The first-order chi connectivity index (χ1) is 9.69. The van der Waals surface area contributed by atoms with Crippen molar-refractivity contribution >= 4 is 11.7 Å². The topological polar surface area (TPSA) is 69.2 Å². The normalized spacial score (nSPS) is 18.8. The van der Waals surface area contributed by atoms with E-state index < -0.39 is 0 Å². The molecule has 1 aromatic carbocycles. The van der Waals surface area contributed by atoms with Gasteiger partial charge in [-0.15, -0.1) is 0 Å². The Bertz CT molecular complexity index is 624. The van der Waals surface area contributed by atoms with Crippen molar-refractivity contribution in [2.24, 2.45) is 5.92 Å². The SMILES string of the molecule is O=C1CC(CO)CN1c1[nH]ncc1-c1ccc(F)cc1. The Balaban J connectivity index is 1.94. The molecule has 1 atom stereocenters. The molecule has 1 unspecified atom stereocenters. The van der Waals surface area contributed by atoms with Gasteiger partial charge in [0.25, 0.3) is 0 Å². The van der Waals surface area contributed by atoms with Crippen LogP contribution in [0.3, 0.4) is 0 Å². The van der Waals surface area contributed by atoms with E-state index >= 15 is 0 Å². The van der Waals surface area contributed by atoms with Crippen molar-refractivity contribution in [2.45, 2.75) is 6.42 Å². The third-order valence-corrected chi connectivity index (χ3v) is 3.51. The molecule has 1 amide bonds. The Labute approximate surface area is 115 Å². The molecule has 1 saturated heterocycles. The average molecular weight is 275 g/mol. The molecule has 2 N–H and O–H groups in total. The maximum Gasteiger partial charge on any atom is 0.228 e. The standard InChI is InChI=1S/C14H14FN3O2/c15-11-3-1-10(2-4-11)12-6-16-17-14(12)18-7-9(8-19)5-13(18)20/h1-4,6,9,19H,5,7-8H2,(H,16,17). The molecule has 5 nitrogen and oxygen atoms in total. The lowest BCUT2D eigenvalue weighted by Gasteiger charge is -2.16. The predicted octanol–water partition coefficient (Wildman–Crippen LogP) is 1.56. The summed E-state index contributed by atoms with van der Waals surface area (Å²) in [5.41, 5.74) is 1.53. The summed E-state index contributed by atoms with van der Waals surface area (Å²) in [6.45, 7) is 0.452. The van der Waals surface area contributed by atoms with Gasteiger partial charge in [0.2, 0.25) is 5.91 Å². The molecule has 0 bridgehead atoms. The van der Waals surface area contributed by atoms with E-state index in [2.05, 4.69) is 10.2 Å². The number of hydrogen-bond acceptors (Lipinski definition) is 3. The highest BCUT2D eigenvalue weighted by molar-refractivity contribution is 5.98. The molecule has 3 rings (SSSR count). The highest BCUT2D eigenvalue weighted by atomic mass is 19.1. The second-order valence-electron chi connectivity index (χ2n) is 4.90. The molecule has 0 aliphatic carbocycles. The molecule has 6 heteroatoms. The van der Waals surface area contributed by atoms with Crippen LogP contribution in [0, 0.1) is 11.7 Å². The van der Waals surface area contributed by atoms with Gasteiger partial charge < -0.3 is 5.11 Å². The maximum atomic E-state index is 13.0. The number of rotatable bonds is 3. The average Bonchev–Trinajstić information content (AvgIpc) is 3.05. The number of aliphatic hydroxyl groups excluding tert-OH is 1. The second-order valence-corrected chi connectivity index (χ2v) is 4.90. The van der Waals surface area contributed by atoms with Crippen molar-refractivity contribution in [3.8, 4) is 11.1 Å². The summed E-state index contributed by atoms with van der Waals surface area (Å²) >= 11 is 0. The third kappa shape index (κ3) is 2.18. The summed E-state index contributed by atoms with van der Waals surface area (Å²) < 4.78 is 13.0. The predicted molar refractivity (Wildman–Crippen MR) is 71.5 cm³/mol. The van der Waals surface area contributed by atoms with Gasteiger partial charge in [-0.2, -0.15) is 5.10 Å². The summed E-state index contributed by atoms with van der Waals surface area (Å²) in [5.74, 6) is 0.192. The van der Waals surface area contributed by atoms with Crippen molar-refractivity contribution in [3.05, 3.63) is 36.3 Å². The Kier molecular flexibility index (Phi) is 3.23. The molecule has 1 aliphatic heterocycles. The number of halogens is 1. The minimum absolute atomic E-state index is 0.0116. The van der Waals surface area contributed by atoms with Gasteiger partial charge >= 0.3 is 0 Å². The molecular weight excluding hydrogens is 261 g/mol. The monoisotopic (exact) mass is 275 g/mol. The lowest BCUT2D eigenvalue weighted by Crippen LogP contribution is -2.25. The minimum atomic E-state index is -0.309. The Morgan fingerprint density at radius 2 is 2.15 bits per heavy atom. The number of amides is 1. The van der Waals surface area contributed by atoms with Crippen LogP contribution in [0.15, 0.2) is 30.5 Å². The molecule has 2 heterocycles. The number of benzene rings is 1. The van der Waals surface area contributed by atoms with Gasteiger partial charge in [0.05, 0.1) is 6.20 Å². The van der Waals surface area contributed by atoms with Crippen LogP contribution >= 0.6 is 0 Å². The van der Waals surface area contributed by atoms with E-state index in [0.29, 0.717) is 18.8 Å². The fraction of sp³-hybridized carbons (Fsp3) is 0.286. The summed E-state index contributed by atoms with van der Waals surface area (Å²) in [7, 11) is 0. The first-order valence-corrected chi connectivity index (χ1v) is 6.39. The van der Waals surface area contributed by atoms with Crippen molar-refractivity contribution in [3.63, 3.8) is 0 Å². The molecule has 0 spiro atoms. The summed E-state index contributed by atoms with van der Waals surface area (Å²) in [6.07, 6.45) is 1.94. The van der Waals surface area contributed by atoms with Crippen molar-refractivity contribution < 1.29 is 14.3 Å². The number of carbonyl (C=O) groups excluding carboxylic acids is 1. The number of aromatic amines is 1. The van der Waals surface area contributed by atoms with Gasteiger partial charge in [0.15, 0.2) is 0 Å². The van der Waals surface area contributed by atoms with E-state index in [1.165, 1.54) is 12.1 Å². The Morgan fingerprint density at radius 1 is 1.40 bits per heavy atom. The number of hydrogen-bond donors (Lipinski definition) is 2. The van der Waals surface area contributed by atoms with Crippen LogP contribution in [-0.4, -0.2) is 34.4 Å².